The molecular weight excluding hydrogens is 246 g/mol. The molecule has 1 amide bonds. The number of thiophene rings is 1. The van der Waals surface area contributed by atoms with Crippen molar-refractivity contribution in [1.29, 1.82) is 0 Å². The third-order valence-electron chi connectivity index (χ3n) is 2.46. The summed E-state index contributed by atoms with van der Waals surface area (Å²) in [4.78, 5) is 14.3. The molecule has 16 heavy (non-hydrogen) atoms. The fraction of sp³-hybridized carbons (Fsp3) is 0.364. The van der Waals surface area contributed by atoms with Crippen molar-refractivity contribution in [1.82, 2.24) is 4.90 Å². The molecule has 1 aliphatic rings. The van der Waals surface area contributed by atoms with Crippen molar-refractivity contribution in [3.05, 3.63) is 27.4 Å². The van der Waals surface area contributed by atoms with E-state index in [0.717, 1.165) is 4.88 Å². The molecule has 0 aromatic carbocycles. The summed E-state index contributed by atoms with van der Waals surface area (Å²) in [5, 5.41) is 9.30. The Bertz CT molecular complexity index is 416. The van der Waals surface area contributed by atoms with Crippen molar-refractivity contribution in [2.45, 2.75) is 12.5 Å². The van der Waals surface area contributed by atoms with Gasteiger partial charge in [-0.15, -0.1) is 11.3 Å². The zero-order chi connectivity index (χ0) is 11.5. The normalized spacial score (nSPS) is 20.9. The molecule has 0 aliphatic carbocycles. The van der Waals surface area contributed by atoms with Crippen LogP contribution in [0.1, 0.15) is 11.3 Å². The van der Waals surface area contributed by atoms with Gasteiger partial charge in [0.1, 0.15) is 0 Å². The van der Waals surface area contributed by atoms with E-state index >= 15 is 0 Å². The molecule has 0 spiro atoms. The van der Waals surface area contributed by atoms with E-state index in [4.69, 9.17) is 11.6 Å². The number of nitrogens with zero attached hydrogens (tertiary/aromatic N) is 1. The van der Waals surface area contributed by atoms with Crippen LogP contribution < -0.4 is 0 Å². The molecule has 5 heteroatoms. The van der Waals surface area contributed by atoms with Gasteiger partial charge in [-0.3, -0.25) is 4.79 Å². The number of rotatable bonds is 2. The maximum absolute atomic E-state index is 11.7. The quantitative estimate of drug-likeness (QED) is 0.824. The van der Waals surface area contributed by atoms with Gasteiger partial charge in [0, 0.05) is 24.0 Å². The van der Waals surface area contributed by atoms with Crippen LogP contribution in [-0.2, 0) is 4.79 Å². The van der Waals surface area contributed by atoms with E-state index in [1.807, 2.05) is 6.07 Å². The van der Waals surface area contributed by atoms with E-state index in [9.17, 15) is 9.90 Å². The molecule has 1 N–H and O–H groups in total. The molecule has 86 valence electrons. The molecule has 3 nitrogen and oxygen atoms in total. The molecule has 1 fully saturated rings. The predicted octanol–water partition coefficient (Wildman–Crippen LogP) is 2.01. The van der Waals surface area contributed by atoms with Gasteiger partial charge in [-0.2, -0.15) is 0 Å². The molecule has 1 atom stereocenters. The Hall–Kier alpha value is -0.840. The lowest BCUT2D eigenvalue weighted by molar-refractivity contribution is -0.125. The molecule has 0 radical (unpaired) electrons. The summed E-state index contributed by atoms with van der Waals surface area (Å²) in [7, 11) is 0. The van der Waals surface area contributed by atoms with E-state index < -0.39 is 0 Å². The van der Waals surface area contributed by atoms with Crippen LogP contribution in [0.15, 0.2) is 18.2 Å². The number of likely N-dealkylation sites (tertiary alicyclic amines) is 1. The maximum atomic E-state index is 11.7. The third kappa shape index (κ3) is 2.84. The first-order chi connectivity index (χ1) is 7.65. The van der Waals surface area contributed by atoms with Crippen LogP contribution in [0.2, 0.25) is 4.34 Å². The molecule has 1 aromatic rings. The lowest BCUT2D eigenvalue weighted by atomic mass is 10.3. The van der Waals surface area contributed by atoms with Crippen LogP contribution in [0.4, 0.5) is 0 Å². The first kappa shape index (κ1) is 11.6. The minimum atomic E-state index is -0.367. The Morgan fingerprint density at radius 2 is 2.44 bits per heavy atom. The molecule has 0 unspecified atom stereocenters. The smallest absolute Gasteiger partial charge is 0.246 e. The molecule has 0 saturated carbocycles. The van der Waals surface area contributed by atoms with E-state index in [-0.39, 0.29) is 12.0 Å². The van der Waals surface area contributed by atoms with Gasteiger partial charge in [-0.25, -0.2) is 0 Å². The summed E-state index contributed by atoms with van der Waals surface area (Å²) in [5.41, 5.74) is 0. The number of aliphatic hydroxyl groups excluding tert-OH is 1. The largest absolute Gasteiger partial charge is 0.391 e. The van der Waals surface area contributed by atoms with Gasteiger partial charge < -0.3 is 10.0 Å². The highest BCUT2D eigenvalue weighted by Crippen LogP contribution is 2.22. The average molecular weight is 258 g/mol. The van der Waals surface area contributed by atoms with E-state index in [0.29, 0.717) is 23.8 Å². The first-order valence-electron chi connectivity index (χ1n) is 5.05. The summed E-state index contributed by atoms with van der Waals surface area (Å²) >= 11 is 7.21. The van der Waals surface area contributed by atoms with Crippen LogP contribution in [0.25, 0.3) is 6.08 Å². The van der Waals surface area contributed by atoms with Crippen LogP contribution in [0.3, 0.4) is 0 Å². The number of β-amino-alcohol motifs (C(OH)–C–C–N with tert-alkyl or cyclic N) is 1. The van der Waals surface area contributed by atoms with Crippen LogP contribution in [-0.4, -0.2) is 35.1 Å². The van der Waals surface area contributed by atoms with Gasteiger partial charge in [-0.1, -0.05) is 11.6 Å². The summed E-state index contributed by atoms with van der Waals surface area (Å²) < 4.78 is 0.712. The zero-order valence-corrected chi connectivity index (χ0v) is 10.2. The Morgan fingerprint density at radius 3 is 3.00 bits per heavy atom. The Labute approximate surface area is 103 Å². The van der Waals surface area contributed by atoms with Crippen molar-refractivity contribution >= 4 is 34.9 Å². The minimum Gasteiger partial charge on any atom is -0.391 e. The van der Waals surface area contributed by atoms with Gasteiger partial charge in [0.05, 0.1) is 10.4 Å². The maximum Gasteiger partial charge on any atom is 0.246 e. The van der Waals surface area contributed by atoms with Crippen molar-refractivity contribution in [2.24, 2.45) is 0 Å². The van der Waals surface area contributed by atoms with Crippen molar-refractivity contribution < 1.29 is 9.90 Å². The lowest BCUT2D eigenvalue weighted by Gasteiger charge is -2.11. The molecule has 1 aliphatic heterocycles. The monoisotopic (exact) mass is 257 g/mol. The molecule has 2 heterocycles. The van der Waals surface area contributed by atoms with Crippen molar-refractivity contribution in [3.8, 4) is 0 Å². The zero-order valence-electron chi connectivity index (χ0n) is 8.60. The van der Waals surface area contributed by atoms with Gasteiger partial charge in [0.15, 0.2) is 0 Å². The second kappa shape index (κ2) is 4.99. The summed E-state index contributed by atoms with van der Waals surface area (Å²) in [6.07, 6.45) is 3.59. The second-order valence-corrected chi connectivity index (χ2v) is 5.45. The highest BCUT2D eigenvalue weighted by Gasteiger charge is 2.22. The highest BCUT2D eigenvalue weighted by molar-refractivity contribution is 7.17. The molecule has 0 bridgehead atoms. The van der Waals surface area contributed by atoms with Gasteiger partial charge >= 0.3 is 0 Å². The number of aliphatic hydroxyl groups is 1. The van der Waals surface area contributed by atoms with E-state index in [1.54, 1.807) is 17.0 Å². The topological polar surface area (TPSA) is 40.5 Å². The third-order valence-corrected chi connectivity index (χ3v) is 3.66. The van der Waals surface area contributed by atoms with Crippen LogP contribution in [0.5, 0.6) is 0 Å². The molecule has 2 rings (SSSR count). The fourth-order valence-corrected chi connectivity index (χ4v) is 2.58. The Morgan fingerprint density at radius 1 is 1.62 bits per heavy atom. The Kier molecular flexibility index (Phi) is 3.63. The SMILES string of the molecule is O=C(C=Cc1ccc(Cl)s1)N1CC[C@H](O)C1. The predicted molar refractivity (Wildman–Crippen MR) is 65.6 cm³/mol. The summed E-state index contributed by atoms with van der Waals surface area (Å²) in [6.45, 7) is 1.07. The van der Waals surface area contributed by atoms with Crippen LogP contribution in [0, 0.1) is 0 Å². The molecular formula is C11H12ClNO2S. The number of hydrogen-bond acceptors (Lipinski definition) is 3. The summed E-state index contributed by atoms with van der Waals surface area (Å²) in [5.74, 6) is -0.0546. The van der Waals surface area contributed by atoms with Crippen LogP contribution >= 0.6 is 22.9 Å². The number of amides is 1. The van der Waals surface area contributed by atoms with E-state index in [2.05, 4.69) is 0 Å². The molecule has 1 saturated heterocycles. The lowest BCUT2D eigenvalue weighted by Crippen LogP contribution is -2.27. The van der Waals surface area contributed by atoms with Gasteiger partial charge in [0.2, 0.25) is 5.91 Å². The standard InChI is InChI=1S/C11H12ClNO2S/c12-10-3-1-9(16-10)2-4-11(15)13-6-5-8(14)7-13/h1-4,8,14H,5-7H2/t8-/m0/s1. The fourth-order valence-electron chi connectivity index (χ4n) is 1.62. The van der Waals surface area contributed by atoms with E-state index in [1.165, 1.54) is 17.4 Å². The number of hydrogen-bond donors (Lipinski definition) is 1. The highest BCUT2D eigenvalue weighted by atomic mass is 35.5. The Balaban J connectivity index is 1.94. The number of carbonyl (C=O) groups excluding carboxylic acids is 1. The summed E-state index contributed by atoms with van der Waals surface area (Å²) in [6, 6.07) is 3.67. The first-order valence-corrected chi connectivity index (χ1v) is 6.25. The van der Waals surface area contributed by atoms with Crippen molar-refractivity contribution in [2.75, 3.05) is 13.1 Å². The number of carbonyl (C=O) groups is 1. The van der Waals surface area contributed by atoms with Gasteiger partial charge in [0.25, 0.3) is 0 Å². The minimum absolute atomic E-state index is 0.0546. The van der Waals surface area contributed by atoms with Crippen molar-refractivity contribution in [3.63, 3.8) is 0 Å². The molecule has 1 aromatic heterocycles. The average Bonchev–Trinajstić information content (AvgIpc) is 2.84. The van der Waals surface area contributed by atoms with Gasteiger partial charge in [-0.05, 0) is 24.6 Å². The second-order valence-electron chi connectivity index (χ2n) is 3.70. The number of halogens is 1.